The zero-order valence-corrected chi connectivity index (χ0v) is 23.6. The van der Waals surface area contributed by atoms with Gasteiger partial charge in [0.05, 0.1) is 23.6 Å². The first kappa shape index (κ1) is 27.9. The summed E-state index contributed by atoms with van der Waals surface area (Å²) in [5.41, 5.74) is 3.75. The number of fused-ring (bicyclic) bond motifs is 1. The van der Waals surface area contributed by atoms with E-state index in [1.807, 2.05) is 67.6 Å². The van der Waals surface area contributed by atoms with Gasteiger partial charge in [-0.3, -0.25) is 4.79 Å². The van der Waals surface area contributed by atoms with Crippen molar-refractivity contribution in [1.29, 1.82) is 0 Å². The van der Waals surface area contributed by atoms with Gasteiger partial charge in [-0.25, -0.2) is 22.1 Å². The van der Waals surface area contributed by atoms with Crippen molar-refractivity contribution in [2.45, 2.75) is 38.6 Å². The van der Waals surface area contributed by atoms with Gasteiger partial charge < -0.3 is 5.32 Å². The highest BCUT2D eigenvalue weighted by Crippen LogP contribution is 2.35. The summed E-state index contributed by atoms with van der Waals surface area (Å²) in [6, 6.07) is 23.9. The summed E-state index contributed by atoms with van der Waals surface area (Å²) in [6.45, 7) is 2.90. The van der Waals surface area contributed by atoms with E-state index in [9.17, 15) is 13.2 Å². The zero-order chi connectivity index (χ0) is 28.3. The molecule has 5 rings (SSSR count). The molecule has 1 aliphatic heterocycles. The third-order valence-electron chi connectivity index (χ3n) is 7.79. The Morgan fingerprint density at radius 2 is 1.65 bits per heavy atom. The minimum absolute atomic E-state index is 0.149. The fraction of sp³-hybridized carbons (Fsp3) is 0.312. The topological polar surface area (TPSA) is 79.4 Å². The van der Waals surface area contributed by atoms with Crippen molar-refractivity contribution in [1.82, 2.24) is 14.6 Å². The van der Waals surface area contributed by atoms with Gasteiger partial charge in [0.25, 0.3) is 5.91 Å². The maximum Gasteiger partial charge on any atom is 0.252 e. The molecule has 0 radical (unpaired) electrons. The van der Waals surface area contributed by atoms with Gasteiger partial charge >= 0.3 is 0 Å². The van der Waals surface area contributed by atoms with Gasteiger partial charge in [-0.2, -0.15) is 0 Å². The number of sulfonamides is 1. The fourth-order valence-corrected chi connectivity index (χ4v) is 6.53. The molecule has 0 spiro atoms. The van der Waals surface area contributed by atoms with E-state index in [0.717, 1.165) is 16.7 Å². The molecule has 1 unspecified atom stereocenters. The molecule has 1 N–H and O–H groups in total. The standard InChI is InChI=1S/C32H34FN3O3S/c1-3-28(23-11-6-4-7-12-23)34-32(37)29-25-15-10-16-27(33)31(25)35-30(24-13-8-5-9-14-24)26(29)21-22-17-19-36(20-18-22)40(2,38)39/h4-16,22,28H,3,17-21H2,1-2H3,(H,34,37). The number of benzene rings is 3. The minimum Gasteiger partial charge on any atom is -0.345 e. The number of nitrogens with one attached hydrogen (secondary N) is 1. The number of piperidine rings is 1. The number of nitrogens with zero attached hydrogens (tertiary/aromatic N) is 2. The van der Waals surface area contributed by atoms with Crippen LogP contribution in [0.1, 0.15) is 53.7 Å². The highest BCUT2D eigenvalue weighted by Gasteiger charge is 2.30. The van der Waals surface area contributed by atoms with Gasteiger partial charge in [0.2, 0.25) is 10.0 Å². The predicted molar refractivity (Wildman–Crippen MR) is 157 cm³/mol. The number of amides is 1. The van der Waals surface area contributed by atoms with Crippen molar-refractivity contribution in [3.63, 3.8) is 0 Å². The maximum atomic E-state index is 15.2. The van der Waals surface area contributed by atoms with Gasteiger partial charge in [0.1, 0.15) is 11.3 Å². The molecule has 4 aromatic rings. The molecule has 1 atom stereocenters. The highest BCUT2D eigenvalue weighted by molar-refractivity contribution is 7.88. The molecule has 0 bridgehead atoms. The molecule has 1 saturated heterocycles. The second-order valence-corrected chi connectivity index (χ2v) is 12.5. The van der Waals surface area contributed by atoms with Gasteiger partial charge in [-0.1, -0.05) is 79.7 Å². The summed E-state index contributed by atoms with van der Waals surface area (Å²) >= 11 is 0. The average Bonchev–Trinajstić information content (AvgIpc) is 2.96. The predicted octanol–water partition coefficient (Wildman–Crippen LogP) is 6.14. The van der Waals surface area contributed by atoms with Crippen LogP contribution in [0.2, 0.25) is 0 Å². The Morgan fingerprint density at radius 3 is 2.27 bits per heavy atom. The van der Waals surface area contributed by atoms with Crippen LogP contribution in [0.3, 0.4) is 0 Å². The SMILES string of the molecule is CCC(NC(=O)c1c(CC2CCN(S(C)(=O)=O)CC2)c(-c2ccccc2)nc2c(F)cccc12)c1ccccc1. The lowest BCUT2D eigenvalue weighted by molar-refractivity contribution is 0.0936. The number of hydrogen-bond donors (Lipinski definition) is 1. The molecule has 0 saturated carbocycles. The molecule has 8 heteroatoms. The maximum absolute atomic E-state index is 15.2. The van der Waals surface area contributed by atoms with E-state index in [1.165, 1.54) is 16.6 Å². The Bertz CT molecular complexity index is 1600. The first-order valence-corrected chi connectivity index (χ1v) is 15.6. The van der Waals surface area contributed by atoms with Crippen LogP contribution in [-0.4, -0.2) is 43.0 Å². The van der Waals surface area contributed by atoms with Crippen LogP contribution in [-0.2, 0) is 16.4 Å². The lowest BCUT2D eigenvalue weighted by atomic mass is 9.85. The van der Waals surface area contributed by atoms with Gasteiger partial charge in [0.15, 0.2) is 0 Å². The molecule has 1 aliphatic rings. The van der Waals surface area contributed by atoms with Crippen molar-refractivity contribution in [2.75, 3.05) is 19.3 Å². The van der Waals surface area contributed by atoms with Crippen LogP contribution in [0.4, 0.5) is 4.39 Å². The molecule has 6 nitrogen and oxygen atoms in total. The third-order valence-corrected chi connectivity index (χ3v) is 9.10. The lowest BCUT2D eigenvalue weighted by Crippen LogP contribution is -2.38. The number of rotatable bonds is 8. The van der Waals surface area contributed by atoms with Crippen molar-refractivity contribution in [3.05, 3.63) is 101 Å². The van der Waals surface area contributed by atoms with Crippen LogP contribution in [0.15, 0.2) is 78.9 Å². The molecule has 1 fully saturated rings. The third kappa shape index (κ3) is 5.93. The van der Waals surface area contributed by atoms with Crippen LogP contribution in [0.5, 0.6) is 0 Å². The summed E-state index contributed by atoms with van der Waals surface area (Å²) in [5.74, 6) is -0.600. The minimum atomic E-state index is -3.26. The number of carbonyl (C=O) groups is 1. The number of carbonyl (C=O) groups excluding carboxylic acids is 1. The first-order chi connectivity index (χ1) is 19.3. The van der Waals surface area contributed by atoms with Crippen molar-refractivity contribution in [2.24, 2.45) is 5.92 Å². The smallest absolute Gasteiger partial charge is 0.252 e. The molecule has 0 aliphatic carbocycles. The van der Waals surface area contributed by atoms with Gasteiger partial charge in [-0.05, 0) is 48.8 Å². The Balaban J connectivity index is 1.63. The summed E-state index contributed by atoms with van der Waals surface area (Å²) in [7, 11) is -3.26. The zero-order valence-electron chi connectivity index (χ0n) is 22.8. The second kappa shape index (κ2) is 11.9. The monoisotopic (exact) mass is 559 g/mol. The average molecular weight is 560 g/mol. The molecule has 40 heavy (non-hydrogen) atoms. The molecular formula is C32H34FN3O3S. The van der Waals surface area contributed by atoms with E-state index in [0.29, 0.717) is 55.4 Å². The van der Waals surface area contributed by atoms with E-state index in [4.69, 9.17) is 4.98 Å². The number of para-hydroxylation sites is 1. The van der Waals surface area contributed by atoms with Crippen LogP contribution < -0.4 is 5.32 Å². The van der Waals surface area contributed by atoms with Crippen molar-refractivity contribution >= 4 is 26.8 Å². The van der Waals surface area contributed by atoms with Gasteiger partial charge in [-0.15, -0.1) is 0 Å². The van der Waals surface area contributed by atoms with E-state index in [1.54, 1.807) is 12.1 Å². The van der Waals surface area contributed by atoms with E-state index < -0.39 is 15.8 Å². The molecule has 2 heterocycles. The Morgan fingerprint density at radius 1 is 1.00 bits per heavy atom. The van der Waals surface area contributed by atoms with Crippen LogP contribution >= 0.6 is 0 Å². The molecule has 208 valence electrons. The second-order valence-electron chi connectivity index (χ2n) is 10.5. The van der Waals surface area contributed by atoms with Crippen LogP contribution in [0, 0.1) is 11.7 Å². The Kier molecular flexibility index (Phi) is 8.28. The molecular weight excluding hydrogens is 525 g/mol. The lowest BCUT2D eigenvalue weighted by Gasteiger charge is -2.31. The van der Waals surface area contributed by atoms with E-state index in [2.05, 4.69) is 5.32 Å². The summed E-state index contributed by atoms with van der Waals surface area (Å²) in [5, 5.41) is 3.69. The summed E-state index contributed by atoms with van der Waals surface area (Å²) in [4.78, 5) is 19.0. The number of aromatic nitrogens is 1. The number of pyridine rings is 1. The number of hydrogen-bond acceptors (Lipinski definition) is 4. The first-order valence-electron chi connectivity index (χ1n) is 13.7. The molecule has 3 aromatic carbocycles. The Labute approximate surface area is 235 Å². The quantitative estimate of drug-likeness (QED) is 0.281. The van der Waals surface area contributed by atoms with Crippen molar-refractivity contribution in [3.8, 4) is 11.3 Å². The fourth-order valence-electron chi connectivity index (χ4n) is 5.65. The normalized spacial score (nSPS) is 15.7. The number of halogens is 1. The van der Waals surface area contributed by atoms with Gasteiger partial charge in [0, 0.05) is 24.0 Å². The van der Waals surface area contributed by atoms with Crippen molar-refractivity contribution < 1.29 is 17.6 Å². The molecule has 1 amide bonds. The summed E-state index contributed by atoms with van der Waals surface area (Å²) in [6.07, 6.45) is 3.81. The molecule has 1 aromatic heterocycles. The summed E-state index contributed by atoms with van der Waals surface area (Å²) < 4.78 is 40.9. The highest BCUT2D eigenvalue weighted by atomic mass is 32.2. The Hall–Kier alpha value is -3.62. The van der Waals surface area contributed by atoms with E-state index >= 15 is 4.39 Å². The van der Waals surface area contributed by atoms with E-state index in [-0.39, 0.29) is 23.4 Å². The largest absolute Gasteiger partial charge is 0.345 e. The van der Waals surface area contributed by atoms with Crippen LogP contribution in [0.25, 0.3) is 22.2 Å².